The maximum Gasteiger partial charge on any atom is 0.226 e. The van der Waals surface area contributed by atoms with E-state index in [2.05, 4.69) is 53.6 Å². The SMILES string of the molecule is CN(C)CCCNC(=O)C1(Cc2ccccc2-c2ccncc2)CCOCC1. The van der Waals surface area contributed by atoms with Crippen LogP contribution in [0.2, 0.25) is 0 Å². The molecule has 1 aliphatic heterocycles. The lowest BCUT2D eigenvalue weighted by Crippen LogP contribution is -2.46. The summed E-state index contributed by atoms with van der Waals surface area (Å²) in [7, 11) is 4.11. The molecule has 1 fully saturated rings. The minimum Gasteiger partial charge on any atom is -0.381 e. The van der Waals surface area contributed by atoms with Crippen LogP contribution in [0, 0.1) is 5.41 Å². The minimum absolute atomic E-state index is 0.166. The molecule has 0 saturated carbocycles. The number of benzene rings is 1. The number of hydrogen-bond acceptors (Lipinski definition) is 4. The number of aromatic nitrogens is 1. The van der Waals surface area contributed by atoms with Gasteiger partial charge in [-0.2, -0.15) is 0 Å². The molecule has 0 aliphatic carbocycles. The zero-order valence-corrected chi connectivity index (χ0v) is 17.0. The summed E-state index contributed by atoms with van der Waals surface area (Å²) in [5.74, 6) is 0.166. The molecule has 0 bridgehead atoms. The summed E-state index contributed by atoms with van der Waals surface area (Å²) in [5, 5.41) is 3.20. The molecular weight excluding hydrogens is 350 g/mol. The Kier molecular flexibility index (Phi) is 7.18. The van der Waals surface area contributed by atoms with E-state index < -0.39 is 5.41 Å². The standard InChI is InChI=1S/C23H31N3O2/c1-26(2)15-5-12-25-22(27)23(10-16-28-17-11-23)18-20-6-3-4-7-21(20)19-8-13-24-14-9-19/h3-4,6-9,13-14H,5,10-12,15-18H2,1-2H3,(H,25,27). The molecule has 0 radical (unpaired) electrons. The van der Waals surface area contributed by atoms with E-state index in [1.165, 1.54) is 11.1 Å². The molecule has 28 heavy (non-hydrogen) atoms. The van der Waals surface area contributed by atoms with Crippen LogP contribution >= 0.6 is 0 Å². The van der Waals surface area contributed by atoms with Gasteiger partial charge in [0.05, 0.1) is 5.41 Å². The monoisotopic (exact) mass is 381 g/mol. The van der Waals surface area contributed by atoms with Crippen molar-refractivity contribution in [1.82, 2.24) is 15.2 Å². The molecule has 3 rings (SSSR count). The molecule has 1 amide bonds. The topological polar surface area (TPSA) is 54.5 Å². The molecular formula is C23H31N3O2. The summed E-state index contributed by atoms with van der Waals surface area (Å²) in [6, 6.07) is 12.4. The molecule has 5 nitrogen and oxygen atoms in total. The number of amides is 1. The Balaban J connectivity index is 1.79. The highest BCUT2D eigenvalue weighted by Gasteiger charge is 2.40. The molecule has 5 heteroatoms. The van der Waals surface area contributed by atoms with Gasteiger partial charge in [0, 0.05) is 32.2 Å². The maximum atomic E-state index is 13.2. The van der Waals surface area contributed by atoms with E-state index in [4.69, 9.17) is 4.74 Å². The van der Waals surface area contributed by atoms with Crippen molar-refractivity contribution in [3.8, 4) is 11.1 Å². The predicted octanol–water partition coefficient (Wildman–Crippen LogP) is 3.16. The largest absolute Gasteiger partial charge is 0.381 e. The molecule has 2 aromatic rings. The van der Waals surface area contributed by atoms with Gasteiger partial charge in [0.25, 0.3) is 0 Å². The van der Waals surface area contributed by atoms with Gasteiger partial charge in [0.1, 0.15) is 0 Å². The number of nitrogens with one attached hydrogen (secondary N) is 1. The molecule has 1 N–H and O–H groups in total. The first-order chi connectivity index (χ1) is 13.6. The van der Waals surface area contributed by atoms with E-state index in [9.17, 15) is 4.79 Å². The van der Waals surface area contributed by atoms with Crippen molar-refractivity contribution in [2.24, 2.45) is 5.41 Å². The summed E-state index contributed by atoms with van der Waals surface area (Å²) in [6.45, 7) is 2.97. The lowest BCUT2D eigenvalue weighted by atomic mass is 9.73. The predicted molar refractivity (Wildman–Crippen MR) is 112 cm³/mol. The number of carbonyl (C=O) groups is 1. The van der Waals surface area contributed by atoms with E-state index in [0.717, 1.165) is 37.8 Å². The smallest absolute Gasteiger partial charge is 0.226 e. The van der Waals surface area contributed by atoms with Gasteiger partial charge in [-0.1, -0.05) is 24.3 Å². The zero-order valence-electron chi connectivity index (χ0n) is 17.0. The highest BCUT2D eigenvalue weighted by atomic mass is 16.5. The zero-order chi connectivity index (χ0) is 19.8. The van der Waals surface area contributed by atoms with Crippen molar-refractivity contribution >= 4 is 5.91 Å². The van der Waals surface area contributed by atoms with Crippen LogP contribution in [0.5, 0.6) is 0 Å². The number of hydrogen-bond donors (Lipinski definition) is 1. The van der Waals surface area contributed by atoms with Crippen LogP contribution in [0.15, 0.2) is 48.8 Å². The fourth-order valence-corrected chi connectivity index (χ4v) is 3.88. The fraction of sp³-hybridized carbons (Fsp3) is 0.478. The van der Waals surface area contributed by atoms with Gasteiger partial charge < -0.3 is 15.0 Å². The van der Waals surface area contributed by atoms with E-state index >= 15 is 0 Å². The van der Waals surface area contributed by atoms with Crippen molar-refractivity contribution in [3.63, 3.8) is 0 Å². The van der Waals surface area contributed by atoms with Gasteiger partial charge in [0.2, 0.25) is 5.91 Å². The van der Waals surface area contributed by atoms with Crippen LogP contribution < -0.4 is 5.32 Å². The van der Waals surface area contributed by atoms with E-state index in [0.29, 0.717) is 19.8 Å². The van der Waals surface area contributed by atoms with Crippen molar-refractivity contribution in [1.29, 1.82) is 0 Å². The number of ether oxygens (including phenoxy) is 1. The van der Waals surface area contributed by atoms with E-state index in [-0.39, 0.29) is 5.91 Å². The van der Waals surface area contributed by atoms with Gasteiger partial charge in [-0.05, 0) is 75.1 Å². The molecule has 1 aromatic heterocycles. The molecule has 0 atom stereocenters. The Hall–Kier alpha value is -2.24. The first kappa shape index (κ1) is 20.5. The summed E-state index contributed by atoms with van der Waals surface area (Å²) >= 11 is 0. The molecule has 1 saturated heterocycles. The van der Waals surface area contributed by atoms with Crippen LogP contribution in [-0.2, 0) is 16.0 Å². The van der Waals surface area contributed by atoms with Gasteiger partial charge >= 0.3 is 0 Å². The van der Waals surface area contributed by atoms with Crippen LogP contribution in [0.1, 0.15) is 24.8 Å². The van der Waals surface area contributed by atoms with Crippen molar-refractivity contribution in [2.45, 2.75) is 25.7 Å². The maximum absolute atomic E-state index is 13.2. The van der Waals surface area contributed by atoms with Gasteiger partial charge in [-0.3, -0.25) is 9.78 Å². The van der Waals surface area contributed by atoms with Gasteiger partial charge in [-0.25, -0.2) is 0 Å². The Bertz CT molecular complexity index is 755. The van der Waals surface area contributed by atoms with Crippen LogP contribution in [0.25, 0.3) is 11.1 Å². The second-order valence-electron chi connectivity index (χ2n) is 7.88. The van der Waals surface area contributed by atoms with Crippen molar-refractivity contribution in [3.05, 3.63) is 54.4 Å². The van der Waals surface area contributed by atoms with Crippen LogP contribution in [0.3, 0.4) is 0 Å². The van der Waals surface area contributed by atoms with E-state index in [1.807, 2.05) is 24.5 Å². The third-order valence-corrected chi connectivity index (χ3v) is 5.54. The summed E-state index contributed by atoms with van der Waals surface area (Å²) < 4.78 is 5.59. The quantitative estimate of drug-likeness (QED) is 0.714. The second kappa shape index (κ2) is 9.80. The van der Waals surface area contributed by atoms with Crippen LogP contribution in [-0.4, -0.2) is 56.2 Å². The molecule has 2 heterocycles. The lowest BCUT2D eigenvalue weighted by Gasteiger charge is -2.36. The van der Waals surface area contributed by atoms with Crippen LogP contribution in [0.4, 0.5) is 0 Å². The summed E-state index contributed by atoms with van der Waals surface area (Å²) in [4.78, 5) is 19.5. The highest BCUT2D eigenvalue weighted by Crippen LogP contribution is 2.37. The van der Waals surface area contributed by atoms with Crippen molar-refractivity contribution in [2.75, 3.05) is 40.4 Å². The Morgan fingerprint density at radius 1 is 1.14 bits per heavy atom. The molecule has 1 aliphatic rings. The van der Waals surface area contributed by atoms with Gasteiger partial charge in [-0.15, -0.1) is 0 Å². The van der Waals surface area contributed by atoms with E-state index in [1.54, 1.807) is 0 Å². The van der Waals surface area contributed by atoms with Crippen molar-refractivity contribution < 1.29 is 9.53 Å². The molecule has 150 valence electrons. The van der Waals surface area contributed by atoms with Gasteiger partial charge in [0.15, 0.2) is 0 Å². The minimum atomic E-state index is -0.403. The third-order valence-electron chi connectivity index (χ3n) is 5.54. The Morgan fingerprint density at radius 2 is 1.86 bits per heavy atom. The average molecular weight is 382 g/mol. The summed E-state index contributed by atoms with van der Waals surface area (Å²) in [5.41, 5.74) is 3.12. The Labute approximate surface area is 168 Å². The lowest BCUT2D eigenvalue weighted by molar-refractivity contribution is -0.136. The Morgan fingerprint density at radius 3 is 2.57 bits per heavy atom. The molecule has 1 aromatic carbocycles. The summed E-state index contributed by atoms with van der Waals surface area (Å²) in [6.07, 6.45) is 6.84. The molecule has 0 spiro atoms. The molecule has 0 unspecified atom stereocenters. The number of carbonyl (C=O) groups excluding carboxylic acids is 1. The number of pyridine rings is 1. The normalized spacial score (nSPS) is 16.1. The first-order valence-corrected chi connectivity index (χ1v) is 10.1. The second-order valence-corrected chi connectivity index (χ2v) is 7.88. The number of nitrogens with zero attached hydrogens (tertiary/aromatic N) is 2. The number of rotatable bonds is 8. The first-order valence-electron chi connectivity index (χ1n) is 10.1. The highest BCUT2D eigenvalue weighted by molar-refractivity contribution is 5.83. The third kappa shape index (κ3) is 5.18. The fourth-order valence-electron chi connectivity index (χ4n) is 3.88. The average Bonchev–Trinajstić information content (AvgIpc) is 2.72.